The van der Waals surface area contributed by atoms with Crippen LogP contribution in [0.1, 0.15) is 29.9 Å². The normalized spacial score (nSPS) is 18.7. The van der Waals surface area contributed by atoms with Gasteiger partial charge in [0, 0.05) is 5.56 Å². The summed E-state index contributed by atoms with van der Waals surface area (Å²) < 4.78 is 11.6. The molecule has 2 atom stereocenters. The topological polar surface area (TPSA) is 30.8 Å². The van der Waals surface area contributed by atoms with E-state index in [9.17, 15) is 0 Å². The van der Waals surface area contributed by atoms with Gasteiger partial charge < -0.3 is 9.47 Å². The fourth-order valence-electron chi connectivity index (χ4n) is 3.09. The van der Waals surface area contributed by atoms with Crippen LogP contribution in [0.25, 0.3) is 5.57 Å². The largest absolute Gasteiger partial charge is 0.346 e. The fraction of sp³-hybridized carbons (Fsp3) is 0.167. The summed E-state index contributed by atoms with van der Waals surface area (Å²) in [5.74, 6) is 3.27. The predicted octanol–water partition coefficient (Wildman–Crippen LogP) is 5.55. The third kappa shape index (κ3) is 4.07. The van der Waals surface area contributed by atoms with Crippen molar-refractivity contribution in [2.24, 2.45) is 4.99 Å². The van der Waals surface area contributed by atoms with Crippen molar-refractivity contribution in [1.29, 1.82) is 0 Å². The van der Waals surface area contributed by atoms with E-state index < -0.39 is 0 Å². The summed E-state index contributed by atoms with van der Waals surface area (Å²) in [5, 5.41) is 0. The molecule has 4 rings (SSSR count). The van der Waals surface area contributed by atoms with Crippen LogP contribution in [0.3, 0.4) is 0 Å². The standard InChI is InChI=1S/C24H21NO2/c1-18-17-26-24(27-18)21-14-8-9-15-23(21)25-16-22(19-10-4-2-5-11-19)20-12-6-3-7-13-20/h2-15,18,24H,17H2,1H3. The molecule has 0 aromatic heterocycles. The minimum Gasteiger partial charge on any atom is -0.346 e. The molecule has 1 aliphatic heterocycles. The number of ether oxygens (including phenoxy) is 2. The van der Waals surface area contributed by atoms with Crippen LogP contribution in [0.5, 0.6) is 0 Å². The lowest BCUT2D eigenvalue weighted by atomic mass is 9.99. The molecule has 3 aromatic carbocycles. The van der Waals surface area contributed by atoms with E-state index in [1.807, 2.05) is 67.6 Å². The van der Waals surface area contributed by atoms with E-state index >= 15 is 0 Å². The van der Waals surface area contributed by atoms with Gasteiger partial charge in [0.1, 0.15) is 0 Å². The first-order valence-corrected chi connectivity index (χ1v) is 9.12. The van der Waals surface area contributed by atoms with Crippen molar-refractivity contribution in [1.82, 2.24) is 0 Å². The number of aliphatic imine (C=N–C) groups is 1. The maximum Gasteiger partial charge on any atom is 0.186 e. The minimum absolute atomic E-state index is 0.0896. The highest BCUT2D eigenvalue weighted by molar-refractivity contribution is 5.99. The number of hydrogen-bond acceptors (Lipinski definition) is 3. The smallest absolute Gasteiger partial charge is 0.186 e. The molecule has 0 amide bonds. The van der Waals surface area contributed by atoms with Gasteiger partial charge in [0.25, 0.3) is 0 Å². The van der Waals surface area contributed by atoms with E-state index in [-0.39, 0.29) is 12.4 Å². The minimum atomic E-state index is -0.376. The molecule has 1 saturated heterocycles. The molecule has 3 nitrogen and oxygen atoms in total. The number of nitrogens with zero attached hydrogens (tertiary/aromatic N) is 1. The SMILES string of the molecule is CC1COC(c2ccccc2N=C=C(c2ccccc2)c2ccccc2)O1. The summed E-state index contributed by atoms with van der Waals surface area (Å²) in [7, 11) is 0. The number of hydrogen-bond donors (Lipinski definition) is 0. The first-order chi connectivity index (χ1) is 13.3. The van der Waals surface area contributed by atoms with Crippen LogP contribution in [-0.2, 0) is 9.47 Å². The Balaban J connectivity index is 1.79. The van der Waals surface area contributed by atoms with Crippen LogP contribution in [0.4, 0.5) is 5.69 Å². The van der Waals surface area contributed by atoms with E-state index in [1.165, 1.54) is 0 Å². The summed E-state index contributed by atoms with van der Waals surface area (Å²) in [6, 6.07) is 28.3. The summed E-state index contributed by atoms with van der Waals surface area (Å²) in [6.07, 6.45) is -0.287. The van der Waals surface area contributed by atoms with Crippen LogP contribution < -0.4 is 0 Å². The third-order valence-corrected chi connectivity index (χ3v) is 4.44. The molecule has 0 spiro atoms. The average Bonchev–Trinajstić information content (AvgIpc) is 3.16. The van der Waals surface area contributed by atoms with Gasteiger partial charge in [-0.25, -0.2) is 4.99 Å². The zero-order chi connectivity index (χ0) is 18.5. The average molecular weight is 355 g/mol. The van der Waals surface area contributed by atoms with Crippen molar-refractivity contribution < 1.29 is 9.47 Å². The van der Waals surface area contributed by atoms with Crippen LogP contribution in [0.2, 0.25) is 0 Å². The van der Waals surface area contributed by atoms with Crippen molar-refractivity contribution in [2.45, 2.75) is 19.3 Å². The molecule has 1 aliphatic rings. The Kier molecular flexibility index (Phi) is 5.27. The van der Waals surface area contributed by atoms with Gasteiger partial charge in [-0.2, -0.15) is 0 Å². The molecule has 134 valence electrons. The van der Waals surface area contributed by atoms with Crippen LogP contribution in [0.15, 0.2) is 89.9 Å². The Labute approximate surface area is 159 Å². The Morgan fingerprint density at radius 1 is 0.852 bits per heavy atom. The highest BCUT2D eigenvalue weighted by Crippen LogP contribution is 2.33. The van der Waals surface area contributed by atoms with Gasteiger partial charge in [0.2, 0.25) is 0 Å². The van der Waals surface area contributed by atoms with Crippen molar-refractivity contribution >= 4 is 17.1 Å². The molecule has 0 radical (unpaired) electrons. The maximum atomic E-state index is 5.85. The molecule has 2 unspecified atom stereocenters. The molecular weight excluding hydrogens is 334 g/mol. The second-order valence-corrected chi connectivity index (χ2v) is 6.50. The lowest BCUT2D eigenvalue weighted by Crippen LogP contribution is -2.02. The van der Waals surface area contributed by atoms with E-state index in [0.29, 0.717) is 6.61 Å². The molecule has 1 heterocycles. The van der Waals surface area contributed by atoms with Gasteiger partial charge in [-0.05, 0) is 30.0 Å². The number of rotatable bonds is 4. The van der Waals surface area contributed by atoms with E-state index in [4.69, 9.17) is 9.47 Å². The highest BCUT2D eigenvalue weighted by atomic mass is 16.7. The summed E-state index contributed by atoms with van der Waals surface area (Å²) in [6.45, 7) is 2.60. The summed E-state index contributed by atoms with van der Waals surface area (Å²) in [5.41, 5.74) is 4.84. The maximum absolute atomic E-state index is 5.85. The summed E-state index contributed by atoms with van der Waals surface area (Å²) >= 11 is 0. The molecule has 0 N–H and O–H groups in total. The Bertz CT molecular complexity index is 918. The third-order valence-electron chi connectivity index (χ3n) is 4.44. The Morgan fingerprint density at radius 3 is 2.04 bits per heavy atom. The lowest BCUT2D eigenvalue weighted by Gasteiger charge is -2.12. The van der Waals surface area contributed by atoms with Gasteiger partial charge in [0.15, 0.2) is 6.29 Å². The zero-order valence-electron chi connectivity index (χ0n) is 15.2. The van der Waals surface area contributed by atoms with Gasteiger partial charge in [-0.3, -0.25) is 0 Å². The first kappa shape index (κ1) is 17.4. The van der Waals surface area contributed by atoms with Gasteiger partial charge >= 0.3 is 0 Å². The van der Waals surface area contributed by atoms with Gasteiger partial charge in [0.05, 0.1) is 24.0 Å². The number of benzene rings is 3. The summed E-state index contributed by atoms with van der Waals surface area (Å²) in [4.78, 5) is 4.68. The monoisotopic (exact) mass is 355 g/mol. The molecule has 0 aliphatic carbocycles. The first-order valence-electron chi connectivity index (χ1n) is 9.12. The quantitative estimate of drug-likeness (QED) is 0.574. The Hall–Kier alpha value is -2.97. The van der Waals surface area contributed by atoms with E-state index in [2.05, 4.69) is 35.1 Å². The molecule has 1 fully saturated rings. The zero-order valence-corrected chi connectivity index (χ0v) is 15.2. The Morgan fingerprint density at radius 2 is 1.44 bits per heavy atom. The predicted molar refractivity (Wildman–Crippen MR) is 108 cm³/mol. The second kappa shape index (κ2) is 8.15. The van der Waals surface area contributed by atoms with Crippen molar-refractivity contribution in [3.05, 3.63) is 102 Å². The fourth-order valence-corrected chi connectivity index (χ4v) is 3.09. The van der Waals surface area contributed by atoms with Crippen molar-refractivity contribution in [2.75, 3.05) is 6.61 Å². The number of para-hydroxylation sites is 1. The molecule has 3 heteroatoms. The van der Waals surface area contributed by atoms with Crippen molar-refractivity contribution in [3.63, 3.8) is 0 Å². The van der Waals surface area contributed by atoms with E-state index in [0.717, 1.165) is 28.0 Å². The second-order valence-electron chi connectivity index (χ2n) is 6.50. The van der Waals surface area contributed by atoms with Crippen LogP contribution in [0, 0.1) is 0 Å². The van der Waals surface area contributed by atoms with Crippen LogP contribution >= 0.6 is 0 Å². The molecule has 0 bridgehead atoms. The van der Waals surface area contributed by atoms with Gasteiger partial charge in [-0.15, -0.1) is 0 Å². The van der Waals surface area contributed by atoms with Crippen molar-refractivity contribution in [3.8, 4) is 0 Å². The lowest BCUT2D eigenvalue weighted by molar-refractivity contribution is -0.0567. The van der Waals surface area contributed by atoms with Gasteiger partial charge in [-0.1, -0.05) is 78.9 Å². The molecular formula is C24H21NO2. The molecule has 0 saturated carbocycles. The highest BCUT2D eigenvalue weighted by Gasteiger charge is 2.25. The van der Waals surface area contributed by atoms with E-state index in [1.54, 1.807) is 0 Å². The molecule has 27 heavy (non-hydrogen) atoms. The molecule has 3 aromatic rings. The van der Waals surface area contributed by atoms with Crippen LogP contribution in [-0.4, -0.2) is 18.6 Å².